The Bertz CT molecular complexity index is 571. The van der Waals surface area contributed by atoms with Gasteiger partial charge in [-0.25, -0.2) is 4.98 Å². The summed E-state index contributed by atoms with van der Waals surface area (Å²) in [6, 6.07) is 9.42. The maximum atomic E-state index is 12.1. The second-order valence-corrected chi connectivity index (χ2v) is 5.65. The molecular weight excluding hydrogens is 286 g/mol. The molecule has 2 aromatic rings. The molecule has 1 atom stereocenters. The third-order valence-electron chi connectivity index (χ3n) is 3.02. The molecule has 2 rings (SSSR count). The molecule has 0 fully saturated rings. The van der Waals surface area contributed by atoms with Gasteiger partial charge in [-0.1, -0.05) is 30.3 Å². The zero-order chi connectivity index (χ0) is 15.1. The number of nitrogens with two attached hydrogens (primary N) is 1. The number of carbonyl (C=O) groups is 1. The van der Waals surface area contributed by atoms with Crippen molar-refractivity contribution in [2.45, 2.75) is 18.9 Å². The van der Waals surface area contributed by atoms with Crippen molar-refractivity contribution in [1.29, 1.82) is 0 Å². The fraction of sp³-hybridized carbons (Fsp3) is 0.333. The van der Waals surface area contributed by atoms with Crippen LogP contribution in [0, 0.1) is 0 Å². The Kier molecular flexibility index (Phi) is 5.86. The lowest BCUT2D eigenvalue weighted by molar-refractivity contribution is 0.0912. The van der Waals surface area contributed by atoms with Crippen molar-refractivity contribution >= 4 is 17.2 Å². The maximum Gasteiger partial charge on any atom is 0.271 e. The van der Waals surface area contributed by atoms with Gasteiger partial charge in [-0.15, -0.1) is 11.3 Å². The molecule has 1 aromatic heterocycles. The molecule has 4 N–H and O–H groups in total. The van der Waals surface area contributed by atoms with Crippen molar-refractivity contribution in [3.05, 3.63) is 52.0 Å². The minimum atomic E-state index is -0.320. The van der Waals surface area contributed by atoms with Crippen LogP contribution in [0.3, 0.4) is 0 Å². The summed E-state index contributed by atoms with van der Waals surface area (Å²) in [6.07, 6.45) is 1.26. The molecule has 1 heterocycles. The number of nitrogens with one attached hydrogen (secondary N) is 1. The Morgan fingerprint density at radius 1 is 1.38 bits per heavy atom. The van der Waals surface area contributed by atoms with Gasteiger partial charge in [0.05, 0.1) is 17.7 Å². The van der Waals surface area contributed by atoms with E-state index < -0.39 is 0 Å². The van der Waals surface area contributed by atoms with Gasteiger partial charge in [0.2, 0.25) is 0 Å². The number of rotatable bonds is 7. The van der Waals surface area contributed by atoms with Crippen LogP contribution in [0.25, 0.3) is 0 Å². The summed E-state index contributed by atoms with van der Waals surface area (Å²) >= 11 is 1.43. The number of carbonyl (C=O) groups excluding carboxylic acids is 1. The van der Waals surface area contributed by atoms with Gasteiger partial charge in [0.25, 0.3) is 5.91 Å². The van der Waals surface area contributed by atoms with Crippen molar-refractivity contribution in [3.8, 4) is 0 Å². The van der Waals surface area contributed by atoms with Gasteiger partial charge in [0.15, 0.2) is 0 Å². The summed E-state index contributed by atoms with van der Waals surface area (Å²) < 4.78 is 0. The van der Waals surface area contributed by atoms with Crippen molar-refractivity contribution in [3.63, 3.8) is 0 Å². The maximum absolute atomic E-state index is 12.1. The first kappa shape index (κ1) is 15.6. The molecule has 1 amide bonds. The van der Waals surface area contributed by atoms with Crippen LogP contribution in [0.2, 0.25) is 0 Å². The van der Waals surface area contributed by atoms with Crippen LogP contribution in [0.15, 0.2) is 35.7 Å². The summed E-state index contributed by atoms with van der Waals surface area (Å²) in [5, 5.41) is 14.8. The Morgan fingerprint density at radius 3 is 2.81 bits per heavy atom. The predicted molar refractivity (Wildman–Crippen MR) is 83.4 cm³/mol. The van der Waals surface area contributed by atoms with Gasteiger partial charge in [-0.3, -0.25) is 4.79 Å². The number of benzene rings is 1. The molecule has 0 unspecified atom stereocenters. The number of hydrogen-bond donors (Lipinski definition) is 3. The molecule has 0 spiro atoms. The summed E-state index contributed by atoms with van der Waals surface area (Å²) in [6.45, 7) is 0.405. The number of amides is 1. The molecule has 1 aromatic carbocycles. The van der Waals surface area contributed by atoms with Crippen LogP contribution in [0.5, 0.6) is 0 Å². The van der Waals surface area contributed by atoms with Crippen LogP contribution in [-0.4, -0.2) is 35.2 Å². The van der Waals surface area contributed by atoms with E-state index in [4.69, 9.17) is 5.73 Å². The average Bonchev–Trinajstić information content (AvgIpc) is 2.97. The lowest BCUT2D eigenvalue weighted by Gasteiger charge is -2.15. The smallest absolute Gasteiger partial charge is 0.271 e. The van der Waals surface area contributed by atoms with Gasteiger partial charge in [0.1, 0.15) is 5.69 Å². The van der Waals surface area contributed by atoms with Gasteiger partial charge < -0.3 is 16.2 Å². The normalized spacial score (nSPS) is 12.1. The van der Waals surface area contributed by atoms with E-state index in [0.29, 0.717) is 25.1 Å². The molecule has 0 radical (unpaired) electrons. The van der Waals surface area contributed by atoms with Crippen LogP contribution in [0.4, 0.5) is 0 Å². The van der Waals surface area contributed by atoms with E-state index in [1.807, 2.05) is 30.3 Å². The Balaban J connectivity index is 1.95. The highest BCUT2D eigenvalue weighted by molar-refractivity contribution is 7.09. The monoisotopic (exact) mass is 305 g/mol. The number of aliphatic hydroxyl groups excluding tert-OH is 1. The quantitative estimate of drug-likeness (QED) is 0.711. The van der Waals surface area contributed by atoms with Crippen molar-refractivity contribution < 1.29 is 9.90 Å². The van der Waals surface area contributed by atoms with Crippen LogP contribution < -0.4 is 11.1 Å². The lowest BCUT2D eigenvalue weighted by atomic mass is 10.1. The molecule has 21 heavy (non-hydrogen) atoms. The highest BCUT2D eigenvalue weighted by atomic mass is 32.1. The molecule has 6 heteroatoms. The van der Waals surface area contributed by atoms with Crippen LogP contribution in [-0.2, 0) is 12.8 Å². The van der Waals surface area contributed by atoms with E-state index in [2.05, 4.69) is 10.3 Å². The van der Waals surface area contributed by atoms with Crippen molar-refractivity contribution in [2.75, 3.05) is 13.2 Å². The minimum absolute atomic E-state index is 0.111. The van der Waals surface area contributed by atoms with E-state index in [9.17, 15) is 9.90 Å². The molecule has 5 nitrogen and oxygen atoms in total. The van der Waals surface area contributed by atoms with Gasteiger partial charge >= 0.3 is 0 Å². The van der Waals surface area contributed by atoms with Gasteiger partial charge in [-0.05, 0) is 18.5 Å². The van der Waals surface area contributed by atoms with Crippen molar-refractivity contribution in [2.24, 2.45) is 5.73 Å². The number of aromatic nitrogens is 1. The second kappa shape index (κ2) is 7.87. The highest BCUT2D eigenvalue weighted by Crippen LogP contribution is 2.10. The summed E-state index contributed by atoms with van der Waals surface area (Å²) in [5.74, 6) is -0.260. The standard InChI is InChI=1S/C15H19N3O2S/c16-7-6-14-18-13(10-21-14)15(20)17-12(9-19)8-11-4-2-1-3-5-11/h1-5,10,12,19H,6-9,16H2,(H,17,20)/t12-/m0/s1. The lowest BCUT2D eigenvalue weighted by Crippen LogP contribution is -2.39. The van der Waals surface area contributed by atoms with Gasteiger partial charge in [0, 0.05) is 11.8 Å². The number of hydrogen-bond acceptors (Lipinski definition) is 5. The SMILES string of the molecule is NCCc1nc(C(=O)N[C@H](CO)Cc2ccccc2)cs1. The van der Waals surface area contributed by atoms with Crippen molar-refractivity contribution in [1.82, 2.24) is 10.3 Å². The molecule has 0 aliphatic carbocycles. The average molecular weight is 305 g/mol. The Labute approximate surface area is 127 Å². The fourth-order valence-electron chi connectivity index (χ4n) is 1.97. The van der Waals surface area contributed by atoms with E-state index >= 15 is 0 Å². The van der Waals surface area contributed by atoms with E-state index in [1.54, 1.807) is 5.38 Å². The molecule has 0 saturated carbocycles. The number of aliphatic hydroxyl groups is 1. The summed E-state index contributed by atoms with van der Waals surface area (Å²) in [5.41, 5.74) is 6.92. The molecule has 0 bridgehead atoms. The van der Waals surface area contributed by atoms with Crippen LogP contribution >= 0.6 is 11.3 Å². The van der Waals surface area contributed by atoms with Gasteiger partial charge in [-0.2, -0.15) is 0 Å². The largest absolute Gasteiger partial charge is 0.394 e. The number of nitrogens with zero attached hydrogens (tertiary/aromatic N) is 1. The zero-order valence-electron chi connectivity index (χ0n) is 11.7. The third-order valence-corrected chi connectivity index (χ3v) is 3.93. The first-order valence-corrected chi connectivity index (χ1v) is 7.71. The summed E-state index contributed by atoms with van der Waals surface area (Å²) in [7, 11) is 0. The Hall–Kier alpha value is -1.76. The fourth-order valence-corrected chi connectivity index (χ4v) is 2.77. The topological polar surface area (TPSA) is 88.2 Å². The molecule has 0 aliphatic rings. The Morgan fingerprint density at radius 2 is 2.14 bits per heavy atom. The molecule has 0 aliphatic heterocycles. The van der Waals surface area contributed by atoms with E-state index in [1.165, 1.54) is 11.3 Å². The van der Waals surface area contributed by atoms with Crippen LogP contribution in [0.1, 0.15) is 21.1 Å². The first-order chi connectivity index (χ1) is 10.2. The van der Waals surface area contributed by atoms with E-state index in [0.717, 1.165) is 10.6 Å². The van der Waals surface area contributed by atoms with E-state index in [-0.39, 0.29) is 18.6 Å². The molecule has 0 saturated heterocycles. The minimum Gasteiger partial charge on any atom is -0.394 e. The highest BCUT2D eigenvalue weighted by Gasteiger charge is 2.16. The molecule has 112 valence electrons. The summed E-state index contributed by atoms with van der Waals surface area (Å²) in [4.78, 5) is 16.4. The second-order valence-electron chi connectivity index (χ2n) is 4.71. The molecular formula is C15H19N3O2S. The predicted octanol–water partition coefficient (Wildman–Crippen LogP) is 0.978. The zero-order valence-corrected chi connectivity index (χ0v) is 12.5. The number of thiazole rings is 1. The third kappa shape index (κ3) is 4.63. The first-order valence-electron chi connectivity index (χ1n) is 6.83.